The highest BCUT2D eigenvalue weighted by Crippen LogP contribution is 2.04. The van der Waals surface area contributed by atoms with Gasteiger partial charge in [0.1, 0.15) is 0 Å². The van der Waals surface area contributed by atoms with Gasteiger partial charge in [-0.2, -0.15) is 0 Å². The van der Waals surface area contributed by atoms with Crippen LogP contribution in [-0.2, 0) is 0 Å². The van der Waals surface area contributed by atoms with Crippen LogP contribution in [-0.4, -0.2) is 21.9 Å². The van der Waals surface area contributed by atoms with Crippen molar-refractivity contribution in [1.82, 2.24) is 0 Å². The molecular formula is C4H9Br2ClO. The van der Waals surface area contributed by atoms with Crippen LogP contribution in [0.5, 0.6) is 0 Å². The molecule has 4 heteroatoms. The lowest BCUT2D eigenvalue weighted by atomic mass is 10.4. The summed E-state index contributed by atoms with van der Waals surface area (Å²) in [6, 6.07) is 0. The normalized spacial score (nSPS) is 12.4. The molecule has 1 N–H and O–H groups in total. The third-order valence-electron chi connectivity index (χ3n) is 0.620. The summed E-state index contributed by atoms with van der Waals surface area (Å²) in [5.41, 5.74) is 0. The van der Waals surface area contributed by atoms with Crippen LogP contribution in [0.3, 0.4) is 0 Å². The van der Waals surface area contributed by atoms with E-state index in [9.17, 15) is 0 Å². The average molecular weight is 268 g/mol. The van der Waals surface area contributed by atoms with Gasteiger partial charge in [0.25, 0.3) is 0 Å². The van der Waals surface area contributed by atoms with Gasteiger partial charge in [-0.15, -0.1) is 12.4 Å². The second kappa shape index (κ2) is 8.21. The van der Waals surface area contributed by atoms with E-state index in [0.29, 0.717) is 0 Å². The van der Waals surface area contributed by atoms with Crippen molar-refractivity contribution in [3.8, 4) is 0 Å². The van der Waals surface area contributed by atoms with Gasteiger partial charge in [0.2, 0.25) is 0 Å². The van der Waals surface area contributed by atoms with E-state index >= 15 is 0 Å². The van der Waals surface area contributed by atoms with Gasteiger partial charge in [0, 0.05) is 10.2 Å². The molecule has 1 unspecified atom stereocenters. The number of hydrogen-bond donors (Lipinski definition) is 1. The third-order valence-corrected chi connectivity index (χ3v) is 1.83. The molecular weight excluding hydrogens is 259 g/mol. The number of halogens is 3. The quantitative estimate of drug-likeness (QED) is 0.776. The molecule has 0 aromatic rings. The second-order valence-electron chi connectivity index (χ2n) is 1.26. The summed E-state index contributed by atoms with van der Waals surface area (Å²) in [6.45, 7) is 0.228. The van der Waals surface area contributed by atoms with Gasteiger partial charge in [0.05, 0.1) is 6.61 Å². The predicted octanol–water partition coefficient (Wildman–Crippen LogP) is 1.95. The highest BCUT2D eigenvalue weighted by molar-refractivity contribution is 9.10. The molecule has 0 radical (unpaired) electrons. The van der Waals surface area contributed by atoms with Crippen molar-refractivity contribution in [2.75, 3.05) is 11.9 Å². The highest BCUT2D eigenvalue weighted by atomic mass is 79.9. The third kappa shape index (κ3) is 7.21. The molecule has 0 aromatic heterocycles. The van der Waals surface area contributed by atoms with Crippen LogP contribution >= 0.6 is 44.3 Å². The number of alkyl halides is 2. The molecule has 0 aliphatic carbocycles. The Morgan fingerprint density at radius 2 is 2.00 bits per heavy atom. The first kappa shape index (κ1) is 11.9. The van der Waals surface area contributed by atoms with Crippen LogP contribution in [0, 0.1) is 0 Å². The largest absolute Gasteiger partial charge is 0.395 e. The molecule has 0 aliphatic rings. The Kier molecular flexibility index (Phi) is 12.3. The lowest BCUT2D eigenvalue weighted by molar-refractivity contribution is 0.295. The van der Waals surface area contributed by atoms with Crippen LogP contribution in [0.2, 0.25) is 0 Å². The fraction of sp³-hybridized carbons (Fsp3) is 1.00. The first-order valence-electron chi connectivity index (χ1n) is 2.12. The maximum atomic E-state index is 8.40. The van der Waals surface area contributed by atoms with Crippen LogP contribution < -0.4 is 0 Å². The molecule has 0 spiro atoms. The minimum atomic E-state index is 0. The summed E-state index contributed by atoms with van der Waals surface area (Å²) in [5.74, 6) is 0. The molecule has 0 fully saturated rings. The van der Waals surface area contributed by atoms with E-state index in [4.69, 9.17) is 5.11 Å². The first-order chi connectivity index (χ1) is 3.31. The zero-order chi connectivity index (χ0) is 5.70. The van der Waals surface area contributed by atoms with E-state index in [-0.39, 0.29) is 23.8 Å². The van der Waals surface area contributed by atoms with E-state index in [1.807, 2.05) is 0 Å². The van der Waals surface area contributed by atoms with Gasteiger partial charge < -0.3 is 5.11 Å². The minimum Gasteiger partial charge on any atom is -0.395 e. The molecule has 0 aliphatic heterocycles. The predicted molar refractivity (Wildman–Crippen MR) is 45.5 cm³/mol. The molecule has 0 aromatic carbocycles. The van der Waals surface area contributed by atoms with Gasteiger partial charge >= 0.3 is 0 Å². The Hall–Kier alpha value is 1.21. The summed E-state index contributed by atoms with van der Waals surface area (Å²) in [5, 5.41) is 9.35. The lowest BCUT2D eigenvalue weighted by Gasteiger charge is -1.98. The maximum Gasteiger partial charge on any atom is 0.0556 e. The zero-order valence-electron chi connectivity index (χ0n) is 4.31. The van der Waals surface area contributed by atoms with Crippen LogP contribution in [0.1, 0.15) is 6.42 Å². The Bertz CT molecular complexity index is 45.0. The molecule has 0 heterocycles. The molecule has 1 atom stereocenters. The molecule has 0 rings (SSSR count). The van der Waals surface area contributed by atoms with Gasteiger partial charge in [-0.05, 0) is 6.42 Å². The lowest BCUT2D eigenvalue weighted by Crippen LogP contribution is -2.02. The molecule has 0 bridgehead atoms. The number of aliphatic hydroxyl groups is 1. The summed E-state index contributed by atoms with van der Waals surface area (Å²) >= 11 is 6.51. The minimum absolute atomic E-state index is 0. The van der Waals surface area contributed by atoms with Gasteiger partial charge in [0.15, 0.2) is 0 Å². The van der Waals surface area contributed by atoms with Crippen molar-refractivity contribution in [3.05, 3.63) is 0 Å². The van der Waals surface area contributed by atoms with E-state index in [2.05, 4.69) is 31.9 Å². The van der Waals surface area contributed by atoms with Crippen molar-refractivity contribution >= 4 is 44.3 Å². The van der Waals surface area contributed by atoms with E-state index < -0.39 is 0 Å². The Morgan fingerprint density at radius 3 is 2.12 bits per heavy atom. The number of aliphatic hydroxyl groups excluding tert-OH is 1. The molecule has 0 saturated heterocycles. The molecule has 0 saturated carbocycles. The van der Waals surface area contributed by atoms with Crippen molar-refractivity contribution < 1.29 is 5.11 Å². The van der Waals surface area contributed by atoms with Crippen LogP contribution in [0.4, 0.5) is 0 Å². The summed E-state index contributed by atoms with van der Waals surface area (Å²) < 4.78 is 0. The van der Waals surface area contributed by atoms with Gasteiger partial charge in [-0.3, -0.25) is 0 Å². The molecule has 52 valence electrons. The fourth-order valence-electron chi connectivity index (χ4n) is 0.210. The van der Waals surface area contributed by atoms with Crippen LogP contribution in [0.25, 0.3) is 0 Å². The fourth-order valence-corrected chi connectivity index (χ4v) is 1.61. The van der Waals surface area contributed by atoms with E-state index in [0.717, 1.165) is 11.8 Å². The van der Waals surface area contributed by atoms with Crippen molar-refractivity contribution in [3.63, 3.8) is 0 Å². The standard InChI is InChI=1S/C4H8Br2O.ClH/c5-2-1-4(6)3-7;/h4,7H,1-3H2;1H. The summed E-state index contributed by atoms with van der Waals surface area (Å²) in [6.07, 6.45) is 0.983. The number of hydrogen-bond acceptors (Lipinski definition) is 1. The average Bonchev–Trinajstić information content (AvgIpc) is 1.68. The summed E-state index contributed by atoms with van der Waals surface area (Å²) in [4.78, 5) is 0.270. The SMILES string of the molecule is Cl.OCC(Br)CCBr. The Balaban J connectivity index is 0. The smallest absolute Gasteiger partial charge is 0.0556 e. The molecule has 8 heavy (non-hydrogen) atoms. The van der Waals surface area contributed by atoms with Crippen molar-refractivity contribution in [2.45, 2.75) is 11.2 Å². The first-order valence-corrected chi connectivity index (χ1v) is 4.16. The Morgan fingerprint density at radius 1 is 1.50 bits per heavy atom. The number of rotatable bonds is 3. The second-order valence-corrected chi connectivity index (χ2v) is 3.35. The molecule has 0 amide bonds. The van der Waals surface area contributed by atoms with E-state index in [1.165, 1.54) is 0 Å². The van der Waals surface area contributed by atoms with Crippen molar-refractivity contribution in [1.29, 1.82) is 0 Å². The summed E-state index contributed by atoms with van der Waals surface area (Å²) in [7, 11) is 0. The van der Waals surface area contributed by atoms with Crippen molar-refractivity contribution in [2.24, 2.45) is 0 Å². The van der Waals surface area contributed by atoms with Crippen LogP contribution in [0.15, 0.2) is 0 Å². The highest BCUT2D eigenvalue weighted by Gasteiger charge is 1.97. The Labute approximate surface area is 72.5 Å². The maximum absolute atomic E-state index is 8.40. The topological polar surface area (TPSA) is 20.2 Å². The van der Waals surface area contributed by atoms with E-state index in [1.54, 1.807) is 0 Å². The van der Waals surface area contributed by atoms with Gasteiger partial charge in [-0.1, -0.05) is 31.9 Å². The molecule has 1 nitrogen and oxygen atoms in total. The zero-order valence-corrected chi connectivity index (χ0v) is 8.30. The monoisotopic (exact) mass is 266 g/mol. The van der Waals surface area contributed by atoms with Gasteiger partial charge in [-0.25, -0.2) is 0 Å².